The third-order valence-corrected chi connectivity index (χ3v) is 5.49. The first kappa shape index (κ1) is 20.8. The molecule has 1 heterocycles. The molecular formula is C23H30O5. The van der Waals surface area contributed by atoms with Crippen LogP contribution in [0.2, 0.25) is 0 Å². The second-order valence-electron chi connectivity index (χ2n) is 7.54. The molecule has 28 heavy (non-hydrogen) atoms. The molecular weight excluding hydrogens is 356 g/mol. The molecule has 5 heteroatoms. The zero-order valence-electron chi connectivity index (χ0n) is 16.7. The molecule has 3 N–H and O–H groups in total. The van der Waals surface area contributed by atoms with E-state index in [1.54, 1.807) is 6.92 Å². The number of benzene rings is 1. The molecule has 0 amide bonds. The number of allylic oxidation sites excluding steroid dienone is 4. The molecule has 1 unspecified atom stereocenters. The SMILES string of the molecule is CCOc1ccc(CC2=C(C)C=CC([C@@H]3O[C@H](C)[C@@H](O)[C@H](O)[C@H]3O)C=C2)cc1. The van der Waals surface area contributed by atoms with Crippen LogP contribution in [-0.2, 0) is 11.2 Å². The van der Waals surface area contributed by atoms with Crippen LogP contribution in [0.3, 0.4) is 0 Å². The van der Waals surface area contributed by atoms with Crippen LogP contribution in [0, 0.1) is 5.92 Å². The summed E-state index contributed by atoms with van der Waals surface area (Å²) in [6.45, 7) is 6.39. The van der Waals surface area contributed by atoms with E-state index < -0.39 is 30.5 Å². The summed E-state index contributed by atoms with van der Waals surface area (Å²) in [4.78, 5) is 0. The molecule has 152 valence electrons. The van der Waals surface area contributed by atoms with Gasteiger partial charge in [0.25, 0.3) is 0 Å². The molecule has 1 aromatic rings. The van der Waals surface area contributed by atoms with E-state index in [0.717, 1.165) is 17.7 Å². The van der Waals surface area contributed by atoms with Gasteiger partial charge in [-0.25, -0.2) is 0 Å². The predicted molar refractivity (Wildman–Crippen MR) is 108 cm³/mol. The molecule has 2 aliphatic rings. The Balaban J connectivity index is 1.72. The third-order valence-electron chi connectivity index (χ3n) is 5.49. The summed E-state index contributed by atoms with van der Waals surface area (Å²) in [6.07, 6.45) is 4.31. The molecule has 1 fully saturated rings. The molecule has 5 nitrogen and oxygen atoms in total. The van der Waals surface area contributed by atoms with Crippen LogP contribution in [0.4, 0.5) is 0 Å². The molecule has 1 aliphatic carbocycles. The second-order valence-corrected chi connectivity index (χ2v) is 7.54. The van der Waals surface area contributed by atoms with Gasteiger partial charge in [0.05, 0.1) is 18.8 Å². The van der Waals surface area contributed by atoms with Crippen molar-refractivity contribution in [1.82, 2.24) is 0 Å². The van der Waals surface area contributed by atoms with Crippen LogP contribution < -0.4 is 4.74 Å². The average molecular weight is 386 g/mol. The smallest absolute Gasteiger partial charge is 0.119 e. The minimum Gasteiger partial charge on any atom is -0.494 e. The van der Waals surface area contributed by atoms with Gasteiger partial charge in [-0.1, -0.05) is 36.4 Å². The lowest BCUT2D eigenvalue weighted by molar-refractivity contribution is -0.222. The van der Waals surface area contributed by atoms with Gasteiger partial charge in [-0.3, -0.25) is 0 Å². The maximum atomic E-state index is 10.4. The average Bonchev–Trinajstić information content (AvgIpc) is 2.87. The van der Waals surface area contributed by atoms with Crippen molar-refractivity contribution in [3.05, 3.63) is 65.3 Å². The van der Waals surface area contributed by atoms with Gasteiger partial charge in [0.15, 0.2) is 0 Å². The minimum absolute atomic E-state index is 0.188. The number of ether oxygens (including phenoxy) is 2. The fourth-order valence-corrected chi connectivity index (χ4v) is 3.69. The number of hydrogen-bond donors (Lipinski definition) is 3. The van der Waals surface area contributed by atoms with Crippen molar-refractivity contribution >= 4 is 0 Å². The van der Waals surface area contributed by atoms with Crippen molar-refractivity contribution in [3.8, 4) is 5.75 Å². The van der Waals surface area contributed by atoms with Gasteiger partial charge in [0.1, 0.15) is 24.1 Å². The van der Waals surface area contributed by atoms with Crippen LogP contribution >= 0.6 is 0 Å². The summed E-state index contributed by atoms with van der Waals surface area (Å²) in [7, 11) is 0. The van der Waals surface area contributed by atoms with Gasteiger partial charge < -0.3 is 24.8 Å². The van der Waals surface area contributed by atoms with Crippen LogP contribution in [0.5, 0.6) is 5.75 Å². The van der Waals surface area contributed by atoms with Gasteiger partial charge >= 0.3 is 0 Å². The van der Waals surface area contributed by atoms with E-state index in [0.29, 0.717) is 6.61 Å². The van der Waals surface area contributed by atoms with Gasteiger partial charge in [0.2, 0.25) is 0 Å². The lowest BCUT2D eigenvalue weighted by Gasteiger charge is -2.41. The van der Waals surface area contributed by atoms with Crippen molar-refractivity contribution in [2.75, 3.05) is 6.61 Å². The quantitative estimate of drug-likeness (QED) is 0.725. The van der Waals surface area contributed by atoms with Gasteiger partial charge in [0, 0.05) is 5.92 Å². The Morgan fingerprint density at radius 2 is 1.64 bits per heavy atom. The highest BCUT2D eigenvalue weighted by molar-refractivity contribution is 5.40. The normalized spacial score (nSPS) is 33.1. The number of hydrogen-bond acceptors (Lipinski definition) is 5. The maximum absolute atomic E-state index is 10.4. The van der Waals surface area contributed by atoms with E-state index >= 15 is 0 Å². The second kappa shape index (κ2) is 9.05. The number of aliphatic hydroxyl groups is 3. The Bertz CT molecular complexity index is 749. The van der Waals surface area contributed by atoms with Gasteiger partial charge in [-0.2, -0.15) is 0 Å². The van der Waals surface area contributed by atoms with Crippen molar-refractivity contribution in [3.63, 3.8) is 0 Å². The molecule has 6 atom stereocenters. The molecule has 0 aromatic heterocycles. The number of aliphatic hydroxyl groups excluding tert-OH is 3. The number of rotatable bonds is 5. The fraction of sp³-hybridized carbons (Fsp3) is 0.478. The summed E-state index contributed by atoms with van der Waals surface area (Å²) >= 11 is 0. The van der Waals surface area contributed by atoms with Gasteiger partial charge in [-0.15, -0.1) is 0 Å². The lowest BCUT2D eigenvalue weighted by Crippen LogP contribution is -2.58. The standard InChI is InChI=1S/C23H30O5/c1-4-27-19-11-6-16(7-12-19)13-18-10-9-17(8-5-14(18)2)23-22(26)21(25)20(24)15(3)28-23/h5-12,15,17,20-26H,4,13H2,1-3H3/t15-,17?,20-,21+,22-,23+/m1/s1. The summed E-state index contributed by atoms with van der Waals surface area (Å²) < 4.78 is 11.3. The Kier molecular flexibility index (Phi) is 6.73. The fourth-order valence-electron chi connectivity index (χ4n) is 3.69. The monoisotopic (exact) mass is 386 g/mol. The van der Waals surface area contributed by atoms with Crippen LogP contribution in [-0.4, -0.2) is 52.4 Å². The van der Waals surface area contributed by atoms with E-state index in [4.69, 9.17) is 9.47 Å². The summed E-state index contributed by atoms with van der Waals surface area (Å²) in [5.74, 6) is 0.680. The van der Waals surface area contributed by atoms with Crippen molar-refractivity contribution in [1.29, 1.82) is 0 Å². The zero-order valence-corrected chi connectivity index (χ0v) is 16.7. The summed E-state index contributed by atoms with van der Waals surface area (Å²) in [5, 5.41) is 30.4. The van der Waals surface area contributed by atoms with E-state index in [1.165, 1.54) is 11.1 Å². The summed E-state index contributed by atoms with van der Waals surface area (Å²) in [6, 6.07) is 8.10. The summed E-state index contributed by atoms with van der Waals surface area (Å²) in [5.41, 5.74) is 3.52. The molecule has 0 spiro atoms. The highest BCUT2D eigenvalue weighted by atomic mass is 16.5. The minimum atomic E-state index is -1.21. The topological polar surface area (TPSA) is 79.2 Å². The Morgan fingerprint density at radius 1 is 0.964 bits per heavy atom. The van der Waals surface area contributed by atoms with E-state index in [9.17, 15) is 15.3 Å². The predicted octanol–water partition coefficient (Wildman–Crippen LogP) is 2.56. The first-order valence-electron chi connectivity index (χ1n) is 9.88. The lowest BCUT2D eigenvalue weighted by atomic mass is 9.87. The molecule has 3 rings (SSSR count). The Hall–Kier alpha value is -1.92. The zero-order chi connectivity index (χ0) is 20.3. The van der Waals surface area contributed by atoms with Crippen LogP contribution in [0.1, 0.15) is 26.3 Å². The highest BCUT2D eigenvalue weighted by Gasteiger charge is 2.43. The molecule has 1 aromatic carbocycles. The van der Waals surface area contributed by atoms with E-state index in [1.807, 2.05) is 37.3 Å². The molecule has 0 saturated carbocycles. The molecule has 0 bridgehead atoms. The van der Waals surface area contributed by atoms with E-state index in [-0.39, 0.29) is 5.92 Å². The third kappa shape index (κ3) is 4.55. The molecule has 1 aliphatic heterocycles. The maximum Gasteiger partial charge on any atom is 0.119 e. The van der Waals surface area contributed by atoms with Crippen LogP contribution in [0.15, 0.2) is 59.7 Å². The molecule has 1 saturated heterocycles. The Labute approximate surface area is 166 Å². The van der Waals surface area contributed by atoms with Crippen molar-refractivity contribution in [2.24, 2.45) is 5.92 Å². The largest absolute Gasteiger partial charge is 0.494 e. The van der Waals surface area contributed by atoms with Crippen LogP contribution in [0.25, 0.3) is 0 Å². The van der Waals surface area contributed by atoms with Crippen molar-refractivity contribution in [2.45, 2.75) is 57.7 Å². The molecule has 0 radical (unpaired) electrons. The Morgan fingerprint density at radius 3 is 2.32 bits per heavy atom. The van der Waals surface area contributed by atoms with E-state index in [2.05, 4.69) is 25.1 Å². The first-order chi connectivity index (χ1) is 13.4. The van der Waals surface area contributed by atoms with Crippen molar-refractivity contribution < 1.29 is 24.8 Å². The first-order valence-corrected chi connectivity index (χ1v) is 9.88. The highest BCUT2D eigenvalue weighted by Crippen LogP contribution is 2.30. The van der Waals surface area contributed by atoms with Gasteiger partial charge in [-0.05, 0) is 56.0 Å².